The lowest BCUT2D eigenvalue weighted by Gasteiger charge is -2.37. The van der Waals surface area contributed by atoms with Gasteiger partial charge in [-0.3, -0.25) is 0 Å². The molecule has 2 nitrogen and oxygen atoms in total. The summed E-state index contributed by atoms with van der Waals surface area (Å²) in [4.78, 5) is 2.60. The first-order valence-corrected chi connectivity index (χ1v) is 6.12. The molecule has 0 aromatic heterocycles. The van der Waals surface area contributed by atoms with E-state index in [4.69, 9.17) is 0 Å². The Morgan fingerprint density at radius 1 is 1.21 bits per heavy atom. The monoisotopic (exact) mass is 196 g/mol. The first-order chi connectivity index (χ1) is 6.66. The van der Waals surface area contributed by atoms with Crippen LogP contribution in [0, 0.1) is 5.92 Å². The molecule has 0 aliphatic carbocycles. The lowest BCUT2D eigenvalue weighted by molar-refractivity contribution is 0.147. The van der Waals surface area contributed by atoms with Crippen molar-refractivity contribution in [2.75, 3.05) is 13.6 Å². The average Bonchev–Trinajstić information content (AvgIpc) is 2.41. The van der Waals surface area contributed by atoms with E-state index < -0.39 is 0 Å². The molecule has 2 bridgehead atoms. The third kappa shape index (κ3) is 2.12. The lowest BCUT2D eigenvalue weighted by atomic mass is 9.97. The highest BCUT2D eigenvalue weighted by Crippen LogP contribution is 2.34. The second kappa shape index (κ2) is 4.19. The standard InChI is InChI=1S/C12H24N2/c1-9(2)8-13-10-6-11-4-5-12(7-10)14(11)3/h9-13H,4-8H2,1-3H3/t11-,12-/m1/s1. The zero-order valence-corrected chi connectivity index (χ0v) is 9.79. The van der Waals surface area contributed by atoms with Gasteiger partial charge in [0, 0.05) is 18.1 Å². The van der Waals surface area contributed by atoms with Gasteiger partial charge in [0.05, 0.1) is 0 Å². The molecule has 82 valence electrons. The topological polar surface area (TPSA) is 15.3 Å². The molecule has 0 spiro atoms. The van der Waals surface area contributed by atoms with Crippen LogP contribution in [0.5, 0.6) is 0 Å². The number of rotatable bonds is 3. The largest absolute Gasteiger partial charge is 0.314 e. The van der Waals surface area contributed by atoms with Crippen molar-refractivity contribution in [3.05, 3.63) is 0 Å². The van der Waals surface area contributed by atoms with Gasteiger partial charge in [-0.15, -0.1) is 0 Å². The van der Waals surface area contributed by atoms with E-state index in [0.717, 1.165) is 24.0 Å². The molecule has 0 unspecified atom stereocenters. The molecule has 1 N–H and O–H groups in total. The van der Waals surface area contributed by atoms with Crippen LogP contribution in [0.4, 0.5) is 0 Å². The smallest absolute Gasteiger partial charge is 0.0111 e. The summed E-state index contributed by atoms with van der Waals surface area (Å²) in [5.41, 5.74) is 0. The Labute approximate surface area is 88.1 Å². The molecule has 2 heterocycles. The van der Waals surface area contributed by atoms with Crippen molar-refractivity contribution in [3.8, 4) is 0 Å². The number of hydrogen-bond acceptors (Lipinski definition) is 2. The minimum absolute atomic E-state index is 0.785. The van der Waals surface area contributed by atoms with E-state index in [-0.39, 0.29) is 0 Å². The number of fused-ring (bicyclic) bond motifs is 2. The Morgan fingerprint density at radius 2 is 1.79 bits per heavy atom. The Bertz CT molecular complexity index is 177. The second-order valence-electron chi connectivity index (χ2n) is 5.52. The summed E-state index contributed by atoms with van der Waals surface area (Å²) < 4.78 is 0. The minimum Gasteiger partial charge on any atom is -0.314 e. The highest BCUT2D eigenvalue weighted by molar-refractivity contribution is 4.95. The average molecular weight is 196 g/mol. The fourth-order valence-corrected chi connectivity index (χ4v) is 2.98. The summed E-state index contributed by atoms with van der Waals surface area (Å²) >= 11 is 0. The van der Waals surface area contributed by atoms with Crippen molar-refractivity contribution >= 4 is 0 Å². The third-order valence-electron chi connectivity index (χ3n) is 3.91. The van der Waals surface area contributed by atoms with Gasteiger partial charge in [0.15, 0.2) is 0 Å². The first-order valence-electron chi connectivity index (χ1n) is 6.12. The van der Waals surface area contributed by atoms with E-state index in [0.29, 0.717) is 0 Å². The van der Waals surface area contributed by atoms with Crippen molar-refractivity contribution in [2.24, 2.45) is 5.92 Å². The van der Waals surface area contributed by atoms with Gasteiger partial charge in [0.2, 0.25) is 0 Å². The van der Waals surface area contributed by atoms with Crippen molar-refractivity contribution in [1.82, 2.24) is 10.2 Å². The van der Waals surface area contributed by atoms with Crippen molar-refractivity contribution in [1.29, 1.82) is 0 Å². The Morgan fingerprint density at radius 3 is 2.29 bits per heavy atom. The van der Waals surface area contributed by atoms with Gasteiger partial charge in [0.1, 0.15) is 0 Å². The van der Waals surface area contributed by atoms with Gasteiger partial charge >= 0.3 is 0 Å². The quantitative estimate of drug-likeness (QED) is 0.741. The van der Waals surface area contributed by atoms with Crippen LogP contribution in [0.15, 0.2) is 0 Å². The molecule has 2 rings (SSSR count). The molecule has 2 atom stereocenters. The van der Waals surface area contributed by atoms with Crippen LogP contribution in [-0.2, 0) is 0 Å². The molecule has 14 heavy (non-hydrogen) atoms. The summed E-state index contributed by atoms with van der Waals surface area (Å²) in [5, 5.41) is 3.72. The maximum atomic E-state index is 3.72. The molecule has 2 saturated heterocycles. The van der Waals surface area contributed by atoms with Crippen molar-refractivity contribution in [3.63, 3.8) is 0 Å². The second-order valence-corrected chi connectivity index (χ2v) is 5.52. The lowest BCUT2D eigenvalue weighted by Crippen LogP contribution is -2.47. The summed E-state index contributed by atoms with van der Waals surface area (Å²) in [6.07, 6.45) is 5.61. The fraction of sp³-hybridized carbons (Fsp3) is 1.00. The zero-order valence-electron chi connectivity index (χ0n) is 9.79. The van der Waals surface area contributed by atoms with Crippen LogP contribution in [-0.4, -0.2) is 36.6 Å². The van der Waals surface area contributed by atoms with E-state index in [9.17, 15) is 0 Å². The third-order valence-corrected chi connectivity index (χ3v) is 3.91. The highest BCUT2D eigenvalue weighted by atomic mass is 15.2. The summed E-state index contributed by atoms with van der Waals surface area (Å²) in [6, 6.07) is 2.54. The molecule has 2 aliphatic rings. The Hall–Kier alpha value is -0.0800. The normalized spacial score (nSPS) is 38.1. The maximum absolute atomic E-state index is 3.72. The molecular formula is C12H24N2. The van der Waals surface area contributed by atoms with Crippen LogP contribution >= 0.6 is 0 Å². The van der Waals surface area contributed by atoms with Crippen LogP contribution in [0.25, 0.3) is 0 Å². The number of nitrogens with one attached hydrogen (secondary N) is 1. The molecule has 2 fully saturated rings. The van der Waals surface area contributed by atoms with Crippen molar-refractivity contribution in [2.45, 2.75) is 57.7 Å². The number of hydrogen-bond donors (Lipinski definition) is 1. The van der Waals surface area contributed by atoms with Gasteiger partial charge in [-0.1, -0.05) is 13.8 Å². The molecule has 0 amide bonds. The van der Waals surface area contributed by atoms with E-state index in [1.54, 1.807) is 0 Å². The van der Waals surface area contributed by atoms with E-state index >= 15 is 0 Å². The number of nitrogens with zero attached hydrogens (tertiary/aromatic N) is 1. The van der Waals surface area contributed by atoms with Crippen LogP contribution in [0.2, 0.25) is 0 Å². The highest BCUT2D eigenvalue weighted by Gasteiger charge is 2.37. The van der Waals surface area contributed by atoms with Crippen LogP contribution < -0.4 is 5.32 Å². The van der Waals surface area contributed by atoms with Gasteiger partial charge in [-0.2, -0.15) is 0 Å². The molecule has 0 aromatic carbocycles. The van der Waals surface area contributed by atoms with E-state index in [1.807, 2.05) is 0 Å². The summed E-state index contributed by atoms with van der Waals surface area (Å²) in [6.45, 7) is 5.76. The first kappa shape index (κ1) is 10.4. The molecule has 0 radical (unpaired) electrons. The van der Waals surface area contributed by atoms with E-state index in [2.05, 4.69) is 31.1 Å². The molecule has 2 aliphatic heterocycles. The summed E-state index contributed by atoms with van der Waals surface area (Å²) in [7, 11) is 2.31. The van der Waals surface area contributed by atoms with E-state index in [1.165, 1.54) is 32.2 Å². The molecular weight excluding hydrogens is 172 g/mol. The fourth-order valence-electron chi connectivity index (χ4n) is 2.98. The van der Waals surface area contributed by atoms with Gasteiger partial charge in [0.25, 0.3) is 0 Å². The molecule has 0 saturated carbocycles. The zero-order chi connectivity index (χ0) is 10.1. The van der Waals surface area contributed by atoms with Crippen molar-refractivity contribution < 1.29 is 0 Å². The SMILES string of the molecule is CC(C)CNC1C[C@H]2CC[C@H](C1)N2C. The van der Waals surface area contributed by atoms with Crippen LogP contribution in [0.1, 0.15) is 39.5 Å². The summed E-state index contributed by atoms with van der Waals surface area (Å²) in [5.74, 6) is 0.785. The molecule has 2 heteroatoms. The predicted octanol–water partition coefficient (Wildman–Crippen LogP) is 1.86. The van der Waals surface area contributed by atoms with Gasteiger partial charge in [-0.25, -0.2) is 0 Å². The maximum Gasteiger partial charge on any atom is 0.0111 e. The van der Waals surface area contributed by atoms with Gasteiger partial charge in [-0.05, 0) is 45.2 Å². The predicted molar refractivity (Wildman–Crippen MR) is 60.4 cm³/mol. The minimum atomic E-state index is 0.785. The Kier molecular flexibility index (Phi) is 3.13. The van der Waals surface area contributed by atoms with Gasteiger partial charge < -0.3 is 10.2 Å². The molecule has 0 aromatic rings. The Balaban J connectivity index is 1.81. The number of piperidine rings is 1. The van der Waals surface area contributed by atoms with Crippen LogP contribution in [0.3, 0.4) is 0 Å².